The topological polar surface area (TPSA) is 107 Å². The summed E-state index contributed by atoms with van der Waals surface area (Å²) in [4.78, 5) is 22.7. The maximum atomic E-state index is 12.4. The van der Waals surface area contributed by atoms with Gasteiger partial charge in [0.15, 0.2) is 0 Å². The number of halogens is 1. The third kappa shape index (κ3) is 4.01. The van der Waals surface area contributed by atoms with Crippen LogP contribution in [-0.4, -0.2) is 37.7 Å². The Morgan fingerprint density at radius 1 is 1.19 bits per heavy atom. The Morgan fingerprint density at radius 3 is 2.42 bits per heavy atom. The number of carbonyl (C=O) groups excluding carboxylic acids is 1. The second kappa shape index (κ2) is 7.40. The molecule has 0 unspecified atom stereocenters. The quantitative estimate of drug-likeness (QED) is 0.331. The fraction of sp³-hybridized carbons (Fsp3) is 0.188. The summed E-state index contributed by atoms with van der Waals surface area (Å²) >= 11 is 5.98. The summed E-state index contributed by atoms with van der Waals surface area (Å²) in [5.74, 6) is -1.25. The SMILES string of the molecule is Cc1ccc([N+](=O)[O-])c(OC(=O)c2cc(S(=O)(=O)N(C)C)ccc2Cl)c1. The molecule has 138 valence electrons. The van der Waals surface area contributed by atoms with Gasteiger partial charge in [-0.2, -0.15) is 0 Å². The molecule has 2 aromatic rings. The minimum atomic E-state index is -3.79. The number of nitro groups is 1. The van der Waals surface area contributed by atoms with Crippen molar-refractivity contribution >= 4 is 33.3 Å². The standard InChI is InChI=1S/C16H15ClN2O6S/c1-10-4-7-14(19(21)22)15(8-10)25-16(20)12-9-11(5-6-13(12)17)26(23,24)18(2)3/h4-9H,1-3H3. The van der Waals surface area contributed by atoms with Crippen molar-refractivity contribution in [1.29, 1.82) is 0 Å². The predicted octanol–water partition coefficient (Wildman–Crippen LogP) is 3.03. The molecule has 0 aliphatic rings. The van der Waals surface area contributed by atoms with Gasteiger partial charge in [0.25, 0.3) is 0 Å². The Morgan fingerprint density at radius 2 is 1.85 bits per heavy atom. The van der Waals surface area contributed by atoms with Gasteiger partial charge in [-0.1, -0.05) is 17.7 Å². The Bertz CT molecular complexity index is 988. The fourth-order valence-electron chi connectivity index (χ4n) is 2.04. The molecule has 0 atom stereocenters. The van der Waals surface area contributed by atoms with Crippen molar-refractivity contribution in [2.45, 2.75) is 11.8 Å². The van der Waals surface area contributed by atoms with E-state index in [2.05, 4.69) is 0 Å². The summed E-state index contributed by atoms with van der Waals surface area (Å²) in [6.07, 6.45) is 0. The molecule has 10 heteroatoms. The zero-order valence-corrected chi connectivity index (χ0v) is 15.7. The first-order valence-corrected chi connectivity index (χ1v) is 9.05. The molecule has 0 saturated heterocycles. The molecule has 0 aliphatic carbocycles. The summed E-state index contributed by atoms with van der Waals surface area (Å²) in [6.45, 7) is 1.68. The number of benzene rings is 2. The molecule has 0 aromatic heterocycles. The Balaban J connectivity index is 2.46. The van der Waals surface area contributed by atoms with E-state index in [0.29, 0.717) is 5.56 Å². The van der Waals surface area contributed by atoms with Crippen LogP contribution in [0.5, 0.6) is 5.75 Å². The van der Waals surface area contributed by atoms with E-state index >= 15 is 0 Å². The lowest BCUT2D eigenvalue weighted by atomic mass is 10.2. The monoisotopic (exact) mass is 398 g/mol. The van der Waals surface area contributed by atoms with Crippen molar-refractivity contribution in [3.8, 4) is 5.75 Å². The molecule has 0 N–H and O–H groups in total. The molecule has 0 saturated carbocycles. The largest absolute Gasteiger partial charge is 0.415 e. The van der Waals surface area contributed by atoms with Crippen LogP contribution in [0.3, 0.4) is 0 Å². The maximum absolute atomic E-state index is 12.4. The van der Waals surface area contributed by atoms with E-state index in [4.69, 9.17) is 16.3 Å². The van der Waals surface area contributed by atoms with Gasteiger partial charge >= 0.3 is 11.7 Å². The number of esters is 1. The van der Waals surface area contributed by atoms with E-state index in [-0.39, 0.29) is 21.2 Å². The highest BCUT2D eigenvalue weighted by molar-refractivity contribution is 7.89. The van der Waals surface area contributed by atoms with Crippen LogP contribution in [0.25, 0.3) is 0 Å². The number of nitro benzene ring substituents is 1. The van der Waals surface area contributed by atoms with Gasteiger partial charge in [0.1, 0.15) is 0 Å². The lowest BCUT2D eigenvalue weighted by molar-refractivity contribution is -0.385. The highest BCUT2D eigenvalue weighted by atomic mass is 35.5. The first kappa shape index (κ1) is 19.8. The first-order valence-electron chi connectivity index (χ1n) is 7.23. The van der Waals surface area contributed by atoms with E-state index in [1.54, 1.807) is 6.92 Å². The third-order valence-corrected chi connectivity index (χ3v) is 5.59. The number of carbonyl (C=O) groups is 1. The summed E-state index contributed by atoms with van der Waals surface area (Å²) in [7, 11) is -1.10. The van der Waals surface area contributed by atoms with Gasteiger partial charge in [0.05, 0.1) is 20.4 Å². The van der Waals surface area contributed by atoms with E-state index in [1.165, 1.54) is 44.4 Å². The highest BCUT2D eigenvalue weighted by Crippen LogP contribution is 2.30. The molecular formula is C16H15ClN2O6S. The van der Waals surface area contributed by atoms with Gasteiger partial charge in [-0.3, -0.25) is 10.1 Å². The Labute approximate surface area is 155 Å². The van der Waals surface area contributed by atoms with Crippen LogP contribution in [-0.2, 0) is 10.0 Å². The number of rotatable bonds is 5. The molecule has 0 fully saturated rings. The highest BCUT2D eigenvalue weighted by Gasteiger charge is 2.24. The molecule has 2 aromatic carbocycles. The summed E-state index contributed by atoms with van der Waals surface area (Å²) in [6, 6.07) is 7.63. The van der Waals surface area contributed by atoms with Crippen molar-refractivity contribution in [2.75, 3.05) is 14.1 Å². The molecule has 26 heavy (non-hydrogen) atoms. The van der Waals surface area contributed by atoms with Gasteiger partial charge in [-0.25, -0.2) is 17.5 Å². The van der Waals surface area contributed by atoms with Crippen molar-refractivity contribution in [3.05, 3.63) is 62.7 Å². The van der Waals surface area contributed by atoms with Crippen LogP contribution in [0.1, 0.15) is 15.9 Å². The molecule has 0 radical (unpaired) electrons. The number of hydrogen-bond donors (Lipinski definition) is 0. The lowest BCUT2D eigenvalue weighted by Gasteiger charge is -2.13. The van der Waals surface area contributed by atoms with Gasteiger partial charge in [0.2, 0.25) is 15.8 Å². The third-order valence-electron chi connectivity index (χ3n) is 3.45. The molecule has 0 aliphatic heterocycles. The van der Waals surface area contributed by atoms with Crippen LogP contribution in [0.15, 0.2) is 41.3 Å². The van der Waals surface area contributed by atoms with E-state index < -0.39 is 26.6 Å². The second-order valence-electron chi connectivity index (χ2n) is 5.55. The van der Waals surface area contributed by atoms with E-state index in [1.807, 2.05) is 0 Å². The number of nitrogens with zero attached hydrogens (tertiary/aromatic N) is 2. The van der Waals surface area contributed by atoms with Crippen molar-refractivity contribution < 1.29 is 22.9 Å². The predicted molar refractivity (Wildman–Crippen MR) is 95.1 cm³/mol. The number of sulfonamides is 1. The molecule has 0 amide bonds. The minimum absolute atomic E-state index is 0.0389. The lowest BCUT2D eigenvalue weighted by Crippen LogP contribution is -2.22. The molecule has 0 heterocycles. The zero-order valence-electron chi connectivity index (χ0n) is 14.1. The van der Waals surface area contributed by atoms with Crippen LogP contribution >= 0.6 is 11.6 Å². The van der Waals surface area contributed by atoms with Crippen molar-refractivity contribution in [2.24, 2.45) is 0 Å². The van der Waals surface area contributed by atoms with Crippen LogP contribution in [0.2, 0.25) is 5.02 Å². The van der Waals surface area contributed by atoms with Crippen LogP contribution in [0, 0.1) is 17.0 Å². The summed E-state index contributed by atoms with van der Waals surface area (Å²) < 4.78 is 30.5. The molecule has 8 nitrogen and oxygen atoms in total. The molecule has 2 rings (SSSR count). The Kier molecular flexibility index (Phi) is 5.65. The number of ether oxygens (including phenoxy) is 1. The average Bonchev–Trinajstić information content (AvgIpc) is 2.54. The van der Waals surface area contributed by atoms with E-state index in [9.17, 15) is 23.3 Å². The Hall–Kier alpha value is -2.49. The van der Waals surface area contributed by atoms with Crippen molar-refractivity contribution in [1.82, 2.24) is 4.31 Å². The zero-order chi connectivity index (χ0) is 19.6. The molecular weight excluding hydrogens is 384 g/mol. The first-order chi connectivity index (χ1) is 12.0. The van der Waals surface area contributed by atoms with Crippen LogP contribution in [0.4, 0.5) is 5.69 Å². The summed E-state index contributed by atoms with van der Waals surface area (Å²) in [5, 5.41) is 11.0. The van der Waals surface area contributed by atoms with E-state index in [0.717, 1.165) is 10.4 Å². The number of hydrogen-bond acceptors (Lipinski definition) is 6. The maximum Gasteiger partial charge on any atom is 0.345 e. The normalized spacial score (nSPS) is 11.4. The average molecular weight is 399 g/mol. The minimum Gasteiger partial charge on any atom is -0.415 e. The number of aryl methyl sites for hydroxylation is 1. The van der Waals surface area contributed by atoms with Crippen LogP contribution < -0.4 is 4.74 Å². The van der Waals surface area contributed by atoms with Gasteiger partial charge in [0, 0.05) is 20.2 Å². The smallest absolute Gasteiger partial charge is 0.345 e. The van der Waals surface area contributed by atoms with Gasteiger partial charge in [-0.15, -0.1) is 0 Å². The second-order valence-corrected chi connectivity index (χ2v) is 8.11. The molecule has 0 bridgehead atoms. The van der Waals surface area contributed by atoms with Gasteiger partial charge < -0.3 is 4.74 Å². The van der Waals surface area contributed by atoms with Gasteiger partial charge in [-0.05, 0) is 36.8 Å². The fourth-order valence-corrected chi connectivity index (χ4v) is 3.16. The molecule has 0 spiro atoms. The summed E-state index contributed by atoms with van der Waals surface area (Å²) in [5.41, 5.74) is 0.0379. The van der Waals surface area contributed by atoms with Crippen molar-refractivity contribution in [3.63, 3.8) is 0 Å².